The predicted molar refractivity (Wildman–Crippen MR) is 63.3 cm³/mol. The van der Waals surface area contributed by atoms with Crippen LogP contribution < -0.4 is 5.32 Å². The smallest absolute Gasteiger partial charge is 0.254 e. The van der Waals surface area contributed by atoms with Crippen molar-refractivity contribution in [2.45, 2.75) is 6.10 Å². The first-order valence-corrected chi connectivity index (χ1v) is 5.15. The number of terminal acetylenes is 1. The number of rotatable bonds is 3. The van der Waals surface area contributed by atoms with Crippen molar-refractivity contribution in [3.8, 4) is 12.3 Å². The van der Waals surface area contributed by atoms with Gasteiger partial charge in [-0.1, -0.05) is 29.1 Å². The predicted octanol–water partition coefficient (Wildman–Crippen LogP) is 1.78. The first-order chi connectivity index (χ1) is 7.54. The normalized spacial score (nSPS) is 11.6. The van der Waals surface area contributed by atoms with Crippen LogP contribution >= 0.6 is 23.2 Å². The van der Waals surface area contributed by atoms with Crippen LogP contribution in [0.2, 0.25) is 10.0 Å². The minimum absolute atomic E-state index is 0.0597. The van der Waals surface area contributed by atoms with E-state index in [1.165, 1.54) is 18.2 Å². The largest absolute Gasteiger partial charge is 0.378 e. The van der Waals surface area contributed by atoms with Gasteiger partial charge in [0.15, 0.2) is 6.10 Å². The molecule has 0 saturated carbocycles. The number of hydrogen-bond acceptors (Lipinski definition) is 2. The van der Waals surface area contributed by atoms with Gasteiger partial charge in [0.25, 0.3) is 5.91 Å². The highest BCUT2D eigenvalue weighted by molar-refractivity contribution is 6.34. The number of benzene rings is 1. The summed E-state index contributed by atoms with van der Waals surface area (Å²) in [5, 5.41) is 12.7. The molecule has 0 spiro atoms. The Hall–Kier alpha value is -1.21. The number of carbonyl (C=O) groups excluding carboxylic acids is 1. The zero-order valence-electron chi connectivity index (χ0n) is 8.21. The molecule has 1 amide bonds. The van der Waals surface area contributed by atoms with Gasteiger partial charge in [-0.3, -0.25) is 4.79 Å². The summed E-state index contributed by atoms with van der Waals surface area (Å²) in [6, 6.07) is 4.44. The second-order valence-electron chi connectivity index (χ2n) is 3.03. The minimum atomic E-state index is -1.33. The van der Waals surface area contributed by atoms with Crippen LogP contribution in [-0.2, 0) is 4.79 Å². The van der Waals surface area contributed by atoms with E-state index in [1.54, 1.807) is 0 Å². The molecule has 1 aromatic rings. The summed E-state index contributed by atoms with van der Waals surface area (Å²) in [6.07, 6.45) is 3.65. The van der Waals surface area contributed by atoms with Crippen LogP contribution in [0.15, 0.2) is 18.2 Å². The fourth-order valence-corrected chi connectivity index (χ4v) is 1.66. The lowest BCUT2D eigenvalue weighted by molar-refractivity contribution is -0.129. The molecule has 1 unspecified atom stereocenters. The van der Waals surface area contributed by atoms with Crippen LogP contribution in [-0.4, -0.2) is 17.6 Å². The Morgan fingerprint density at radius 2 is 2.00 bits per heavy atom. The minimum Gasteiger partial charge on any atom is -0.378 e. The van der Waals surface area contributed by atoms with Gasteiger partial charge in [0.1, 0.15) is 0 Å². The third-order valence-corrected chi connectivity index (χ3v) is 2.25. The van der Waals surface area contributed by atoms with Crippen molar-refractivity contribution in [2.24, 2.45) is 0 Å². The lowest BCUT2D eigenvalue weighted by atomic mass is 10.1. The number of hydrogen-bond donors (Lipinski definition) is 2. The number of nitrogens with one attached hydrogen (secondary N) is 1. The van der Waals surface area contributed by atoms with Gasteiger partial charge in [0.2, 0.25) is 0 Å². The fourth-order valence-electron chi connectivity index (χ4n) is 1.12. The quantitative estimate of drug-likeness (QED) is 0.812. The summed E-state index contributed by atoms with van der Waals surface area (Å²) in [7, 11) is 0. The number of halogens is 2. The lowest BCUT2D eigenvalue weighted by Gasteiger charge is -2.10. The van der Waals surface area contributed by atoms with Crippen molar-refractivity contribution in [2.75, 3.05) is 6.54 Å². The van der Waals surface area contributed by atoms with E-state index in [2.05, 4.69) is 11.2 Å². The molecule has 0 heterocycles. The van der Waals surface area contributed by atoms with Crippen LogP contribution in [0.4, 0.5) is 0 Å². The van der Waals surface area contributed by atoms with E-state index in [4.69, 9.17) is 29.6 Å². The van der Waals surface area contributed by atoms with Crippen molar-refractivity contribution in [3.63, 3.8) is 0 Å². The molecule has 16 heavy (non-hydrogen) atoms. The molecule has 0 bridgehead atoms. The SMILES string of the molecule is C#CCNC(=O)C(O)c1cc(Cl)cc(Cl)c1. The second-order valence-corrected chi connectivity index (χ2v) is 3.90. The van der Waals surface area contributed by atoms with Crippen LogP contribution in [0, 0.1) is 12.3 Å². The number of carbonyl (C=O) groups is 1. The lowest BCUT2D eigenvalue weighted by Crippen LogP contribution is -2.29. The highest BCUT2D eigenvalue weighted by Gasteiger charge is 2.17. The van der Waals surface area contributed by atoms with Crippen molar-refractivity contribution in [1.29, 1.82) is 0 Å². The van der Waals surface area contributed by atoms with Gasteiger partial charge < -0.3 is 10.4 Å². The van der Waals surface area contributed by atoms with Gasteiger partial charge in [0, 0.05) is 10.0 Å². The molecule has 0 aliphatic rings. The van der Waals surface area contributed by atoms with E-state index in [1.807, 2.05) is 0 Å². The van der Waals surface area contributed by atoms with Gasteiger partial charge in [0.05, 0.1) is 6.54 Å². The molecule has 2 N–H and O–H groups in total. The van der Waals surface area contributed by atoms with E-state index in [-0.39, 0.29) is 6.54 Å². The summed E-state index contributed by atoms with van der Waals surface area (Å²) in [6.45, 7) is 0.0597. The topological polar surface area (TPSA) is 49.3 Å². The molecule has 0 aromatic heterocycles. The Bertz CT molecular complexity index is 420. The summed E-state index contributed by atoms with van der Waals surface area (Å²) < 4.78 is 0. The first-order valence-electron chi connectivity index (χ1n) is 4.40. The van der Waals surface area contributed by atoms with E-state index < -0.39 is 12.0 Å². The molecule has 5 heteroatoms. The summed E-state index contributed by atoms with van der Waals surface area (Å²) in [4.78, 5) is 11.4. The molecule has 3 nitrogen and oxygen atoms in total. The van der Waals surface area contributed by atoms with E-state index in [9.17, 15) is 9.90 Å². The first kappa shape index (κ1) is 12.9. The number of aliphatic hydroxyl groups is 1. The van der Waals surface area contributed by atoms with E-state index in [0.717, 1.165) is 0 Å². The molecule has 1 rings (SSSR count). The maximum Gasteiger partial charge on any atom is 0.254 e. The summed E-state index contributed by atoms with van der Waals surface area (Å²) >= 11 is 11.5. The molecule has 0 fully saturated rings. The Morgan fingerprint density at radius 1 is 1.44 bits per heavy atom. The van der Waals surface area contributed by atoms with Crippen LogP contribution in [0.25, 0.3) is 0 Å². The van der Waals surface area contributed by atoms with Gasteiger partial charge in [-0.2, -0.15) is 0 Å². The monoisotopic (exact) mass is 257 g/mol. The van der Waals surface area contributed by atoms with Crippen molar-refractivity contribution in [3.05, 3.63) is 33.8 Å². The van der Waals surface area contributed by atoms with Gasteiger partial charge in [-0.25, -0.2) is 0 Å². The molecule has 0 aliphatic heterocycles. The van der Waals surface area contributed by atoms with E-state index >= 15 is 0 Å². The molecule has 0 aliphatic carbocycles. The second kappa shape index (κ2) is 5.76. The van der Waals surface area contributed by atoms with Crippen LogP contribution in [0.3, 0.4) is 0 Å². The summed E-state index contributed by atoms with van der Waals surface area (Å²) in [5.41, 5.74) is 0.326. The average Bonchev–Trinajstić information content (AvgIpc) is 2.23. The fraction of sp³-hybridized carbons (Fsp3) is 0.182. The maximum absolute atomic E-state index is 11.4. The Morgan fingerprint density at radius 3 is 2.50 bits per heavy atom. The maximum atomic E-state index is 11.4. The van der Waals surface area contributed by atoms with Gasteiger partial charge in [-0.05, 0) is 23.8 Å². The average molecular weight is 258 g/mol. The van der Waals surface area contributed by atoms with Gasteiger partial charge in [-0.15, -0.1) is 6.42 Å². The molecule has 0 saturated heterocycles. The van der Waals surface area contributed by atoms with Crippen LogP contribution in [0.5, 0.6) is 0 Å². The molecule has 0 radical (unpaired) electrons. The molecule has 1 aromatic carbocycles. The van der Waals surface area contributed by atoms with Crippen molar-refractivity contribution >= 4 is 29.1 Å². The Balaban J connectivity index is 2.84. The number of aliphatic hydroxyl groups excluding tert-OH is 1. The zero-order chi connectivity index (χ0) is 12.1. The zero-order valence-corrected chi connectivity index (χ0v) is 9.72. The van der Waals surface area contributed by atoms with Gasteiger partial charge >= 0.3 is 0 Å². The van der Waals surface area contributed by atoms with Crippen molar-refractivity contribution in [1.82, 2.24) is 5.32 Å². The van der Waals surface area contributed by atoms with Crippen LogP contribution in [0.1, 0.15) is 11.7 Å². The summed E-state index contributed by atoms with van der Waals surface area (Å²) in [5.74, 6) is 1.65. The highest BCUT2D eigenvalue weighted by Crippen LogP contribution is 2.23. The van der Waals surface area contributed by atoms with Crippen molar-refractivity contribution < 1.29 is 9.90 Å². The Labute approximate surface area is 103 Å². The standard InChI is InChI=1S/C11H9Cl2NO2/c1-2-3-14-11(16)10(15)7-4-8(12)6-9(13)5-7/h1,4-6,10,15H,3H2,(H,14,16). The van der Waals surface area contributed by atoms with E-state index in [0.29, 0.717) is 15.6 Å². The third kappa shape index (κ3) is 3.42. The molecule has 84 valence electrons. The third-order valence-electron chi connectivity index (χ3n) is 1.81. The molecule has 1 atom stereocenters. The Kier molecular flexibility index (Phi) is 4.63. The number of amides is 1. The molecular weight excluding hydrogens is 249 g/mol. The molecular formula is C11H9Cl2NO2. The highest BCUT2D eigenvalue weighted by atomic mass is 35.5.